The molecule has 0 heterocycles. The number of rotatable bonds is 6. The zero-order chi connectivity index (χ0) is 19.1. The van der Waals surface area contributed by atoms with Gasteiger partial charge in [-0.3, -0.25) is 9.59 Å². The molecule has 3 rings (SSSR count). The number of benzene rings is 2. The van der Waals surface area contributed by atoms with E-state index in [0.29, 0.717) is 23.5 Å². The molecule has 0 radical (unpaired) electrons. The lowest BCUT2D eigenvalue weighted by atomic mass is 9.88. The highest BCUT2D eigenvalue weighted by molar-refractivity contribution is 6.05. The highest BCUT2D eigenvalue weighted by Gasteiger charge is 2.20. The molecule has 1 fully saturated rings. The summed E-state index contributed by atoms with van der Waals surface area (Å²) in [7, 11) is 1.57. The van der Waals surface area contributed by atoms with Crippen LogP contribution in [0.4, 0.5) is 5.69 Å². The fourth-order valence-electron chi connectivity index (χ4n) is 3.41. The number of ether oxygens (including phenoxy) is 1. The second-order valence-corrected chi connectivity index (χ2v) is 6.90. The number of carbonyl (C=O) groups excluding carboxylic acids is 2. The van der Waals surface area contributed by atoms with Crippen LogP contribution in [0.25, 0.3) is 0 Å². The minimum absolute atomic E-state index is 0.146. The Balaban J connectivity index is 1.55. The molecule has 0 saturated heterocycles. The first-order valence-electron chi connectivity index (χ1n) is 9.48. The third kappa shape index (κ3) is 5.09. The zero-order valence-electron chi connectivity index (χ0n) is 15.7. The summed E-state index contributed by atoms with van der Waals surface area (Å²) in [6, 6.07) is 14.6. The van der Waals surface area contributed by atoms with Crippen molar-refractivity contribution < 1.29 is 14.3 Å². The zero-order valence-corrected chi connectivity index (χ0v) is 15.7. The van der Waals surface area contributed by atoms with Crippen molar-refractivity contribution in [2.24, 2.45) is 5.92 Å². The lowest BCUT2D eigenvalue weighted by Crippen LogP contribution is -2.31. The topological polar surface area (TPSA) is 67.4 Å². The van der Waals surface area contributed by atoms with Crippen molar-refractivity contribution >= 4 is 17.5 Å². The Morgan fingerprint density at radius 3 is 2.41 bits per heavy atom. The number of methoxy groups -OCH3 is 1. The number of hydrogen-bond acceptors (Lipinski definition) is 3. The van der Waals surface area contributed by atoms with Crippen molar-refractivity contribution in [2.75, 3.05) is 12.4 Å². The smallest absolute Gasteiger partial charge is 0.255 e. The number of para-hydroxylation sites is 2. The maximum atomic E-state index is 12.4. The Kier molecular flexibility index (Phi) is 6.47. The van der Waals surface area contributed by atoms with Crippen molar-refractivity contribution in [3.8, 4) is 5.75 Å². The molecule has 1 aliphatic rings. The van der Waals surface area contributed by atoms with Gasteiger partial charge in [0, 0.05) is 18.0 Å². The number of hydrogen-bond donors (Lipinski definition) is 2. The first-order valence-corrected chi connectivity index (χ1v) is 9.48. The standard InChI is InChI=1S/C22H26N2O3/c1-27-20-10-6-5-9-19(20)24-22(26)18-13-11-16(12-14-18)15-23-21(25)17-7-3-2-4-8-17/h5-6,9-14,17H,2-4,7-8,15H2,1H3,(H,23,25)(H,24,26). The Morgan fingerprint density at radius 2 is 1.70 bits per heavy atom. The molecule has 0 bridgehead atoms. The molecule has 2 amide bonds. The lowest BCUT2D eigenvalue weighted by molar-refractivity contribution is -0.126. The van der Waals surface area contributed by atoms with Crippen LogP contribution in [-0.4, -0.2) is 18.9 Å². The van der Waals surface area contributed by atoms with Crippen LogP contribution in [-0.2, 0) is 11.3 Å². The number of carbonyl (C=O) groups is 2. The van der Waals surface area contributed by atoms with Gasteiger partial charge in [-0.2, -0.15) is 0 Å². The average molecular weight is 366 g/mol. The third-order valence-corrected chi connectivity index (χ3v) is 5.01. The van der Waals surface area contributed by atoms with E-state index >= 15 is 0 Å². The van der Waals surface area contributed by atoms with Crippen molar-refractivity contribution in [1.82, 2.24) is 5.32 Å². The molecule has 27 heavy (non-hydrogen) atoms. The number of nitrogens with one attached hydrogen (secondary N) is 2. The van der Waals surface area contributed by atoms with Crippen LogP contribution in [0.3, 0.4) is 0 Å². The fourth-order valence-corrected chi connectivity index (χ4v) is 3.41. The van der Waals surface area contributed by atoms with E-state index in [4.69, 9.17) is 4.74 Å². The van der Waals surface area contributed by atoms with E-state index < -0.39 is 0 Å². The molecule has 0 aliphatic heterocycles. The molecule has 2 N–H and O–H groups in total. The van der Waals surface area contributed by atoms with E-state index in [1.54, 1.807) is 31.4 Å². The van der Waals surface area contributed by atoms with Gasteiger partial charge in [0.15, 0.2) is 0 Å². The predicted octanol–water partition coefficient (Wildman–Crippen LogP) is 4.14. The normalized spacial score (nSPS) is 14.4. The van der Waals surface area contributed by atoms with E-state index in [1.807, 2.05) is 24.3 Å². The summed E-state index contributed by atoms with van der Waals surface area (Å²) in [6.07, 6.45) is 5.52. The Hall–Kier alpha value is -2.82. The second kappa shape index (κ2) is 9.21. The van der Waals surface area contributed by atoms with E-state index in [2.05, 4.69) is 10.6 Å². The van der Waals surface area contributed by atoms with Crippen LogP contribution in [0.5, 0.6) is 5.75 Å². The highest BCUT2D eigenvalue weighted by atomic mass is 16.5. The lowest BCUT2D eigenvalue weighted by Gasteiger charge is -2.20. The summed E-state index contributed by atoms with van der Waals surface area (Å²) in [6.45, 7) is 0.490. The van der Waals surface area contributed by atoms with Crippen molar-refractivity contribution in [3.05, 3.63) is 59.7 Å². The van der Waals surface area contributed by atoms with Gasteiger partial charge >= 0.3 is 0 Å². The summed E-state index contributed by atoms with van der Waals surface area (Å²) < 4.78 is 5.25. The monoisotopic (exact) mass is 366 g/mol. The molecule has 2 aromatic rings. The molecule has 142 valence electrons. The van der Waals surface area contributed by atoms with Gasteiger partial charge in [-0.15, -0.1) is 0 Å². The van der Waals surface area contributed by atoms with Crippen LogP contribution >= 0.6 is 0 Å². The predicted molar refractivity (Wildman–Crippen MR) is 106 cm³/mol. The fraction of sp³-hybridized carbons (Fsp3) is 0.364. The summed E-state index contributed by atoms with van der Waals surface area (Å²) >= 11 is 0. The van der Waals surface area contributed by atoms with E-state index in [0.717, 1.165) is 31.2 Å². The molecule has 0 aromatic heterocycles. The molecule has 0 atom stereocenters. The second-order valence-electron chi connectivity index (χ2n) is 6.90. The molecule has 5 heteroatoms. The summed E-state index contributed by atoms with van der Waals surface area (Å²) in [5.74, 6) is 0.725. The Labute approximate surface area is 160 Å². The molecular formula is C22H26N2O3. The first kappa shape index (κ1) is 19.0. The van der Waals surface area contributed by atoms with Crippen molar-refractivity contribution in [2.45, 2.75) is 38.6 Å². The van der Waals surface area contributed by atoms with Gasteiger partial charge in [0.2, 0.25) is 5.91 Å². The van der Waals surface area contributed by atoms with Crippen LogP contribution in [0.1, 0.15) is 48.0 Å². The Bertz CT molecular complexity index is 780. The van der Waals surface area contributed by atoms with E-state index in [1.165, 1.54) is 6.42 Å². The molecule has 0 spiro atoms. The third-order valence-electron chi connectivity index (χ3n) is 5.01. The molecule has 0 unspecified atom stereocenters. The minimum Gasteiger partial charge on any atom is -0.495 e. The van der Waals surface area contributed by atoms with Crippen molar-refractivity contribution in [3.63, 3.8) is 0 Å². The number of anilines is 1. The molecule has 5 nitrogen and oxygen atoms in total. The molecular weight excluding hydrogens is 340 g/mol. The van der Waals surface area contributed by atoms with Gasteiger partial charge in [-0.25, -0.2) is 0 Å². The van der Waals surface area contributed by atoms with Gasteiger partial charge in [0.1, 0.15) is 5.75 Å². The minimum atomic E-state index is -0.197. The number of amides is 2. The highest BCUT2D eigenvalue weighted by Crippen LogP contribution is 2.24. The van der Waals surface area contributed by atoms with Gasteiger partial charge in [-0.1, -0.05) is 43.5 Å². The SMILES string of the molecule is COc1ccccc1NC(=O)c1ccc(CNC(=O)C2CCCCC2)cc1. The van der Waals surface area contributed by atoms with Crippen LogP contribution in [0.15, 0.2) is 48.5 Å². The van der Waals surface area contributed by atoms with Crippen LogP contribution in [0.2, 0.25) is 0 Å². The van der Waals surface area contributed by atoms with Gasteiger partial charge in [0.05, 0.1) is 12.8 Å². The quantitative estimate of drug-likeness (QED) is 0.807. The molecule has 2 aromatic carbocycles. The maximum absolute atomic E-state index is 12.4. The average Bonchev–Trinajstić information content (AvgIpc) is 2.73. The first-order chi connectivity index (χ1) is 13.2. The van der Waals surface area contributed by atoms with Crippen molar-refractivity contribution in [1.29, 1.82) is 0 Å². The van der Waals surface area contributed by atoms with E-state index in [9.17, 15) is 9.59 Å². The molecule has 1 saturated carbocycles. The van der Waals surface area contributed by atoms with Crippen LogP contribution < -0.4 is 15.4 Å². The van der Waals surface area contributed by atoms with E-state index in [-0.39, 0.29) is 17.7 Å². The van der Waals surface area contributed by atoms with Gasteiger partial charge < -0.3 is 15.4 Å². The summed E-state index contributed by atoms with van der Waals surface area (Å²) in [5.41, 5.74) is 2.17. The Morgan fingerprint density at radius 1 is 1.00 bits per heavy atom. The summed E-state index contributed by atoms with van der Waals surface area (Å²) in [4.78, 5) is 24.7. The molecule has 1 aliphatic carbocycles. The van der Waals surface area contributed by atoms with Crippen LogP contribution in [0, 0.1) is 5.92 Å². The largest absolute Gasteiger partial charge is 0.495 e. The van der Waals surface area contributed by atoms with Gasteiger partial charge in [0.25, 0.3) is 5.91 Å². The summed E-state index contributed by atoms with van der Waals surface area (Å²) in [5, 5.41) is 5.87. The van der Waals surface area contributed by atoms with Gasteiger partial charge in [-0.05, 0) is 42.7 Å². The maximum Gasteiger partial charge on any atom is 0.255 e.